The summed E-state index contributed by atoms with van der Waals surface area (Å²) in [6.45, 7) is 0. The van der Waals surface area contributed by atoms with Gasteiger partial charge in [-0.15, -0.1) is 0 Å². The van der Waals surface area contributed by atoms with Gasteiger partial charge in [-0.3, -0.25) is 0 Å². The van der Waals surface area contributed by atoms with Crippen LogP contribution in [-0.4, -0.2) is 0 Å². The maximum Gasteiger partial charge on any atom is 0.173 e. The lowest BCUT2D eigenvalue weighted by molar-refractivity contribution is 0.502. The first kappa shape index (κ1) is 8.63. The summed E-state index contributed by atoms with van der Waals surface area (Å²) in [5, 5.41) is 0. The van der Waals surface area contributed by atoms with Crippen molar-refractivity contribution in [3.8, 4) is 0 Å². The van der Waals surface area contributed by atoms with Gasteiger partial charge in [0.1, 0.15) is 0 Å². The van der Waals surface area contributed by atoms with Crippen molar-refractivity contribution >= 4 is 45.2 Å². The van der Waals surface area contributed by atoms with Crippen molar-refractivity contribution < 1.29 is 8.78 Å². The molecule has 0 heterocycles. The Morgan fingerprint density at radius 1 is 1.10 bits per heavy atom. The Labute approximate surface area is 84.3 Å². The SMILES string of the molecule is Fc1ccc(I)c(I)c1F. The quantitative estimate of drug-likeness (QED) is 0.376. The van der Waals surface area contributed by atoms with Crippen LogP contribution in [0.5, 0.6) is 0 Å². The molecule has 0 unspecified atom stereocenters. The molecule has 0 atom stereocenters. The van der Waals surface area contributed by atoms with Gasteiger partial charge >= 0.3 is 0 Å². The first-order valence-corrected chi connectivity index (χ1v) is 4.57. The lowest BCUT2D eigenvalue weighted by Gasteiger charge is -1.97. The van der Waals surface area contributed by atoms with E-state index in [1.165, 1.54) is 0 Å². The molecule has 1 aromatic carbocycles. The maximum atomic E-state index is 12.6. The van der Waals surface area contributed by atoms with Crippen LogP contribution >= 0.6 is 45.2 Å². The van der Waals surface area contributed by atoms with Crippen molar-refractivity contribution in [2.45, 2.75) is 0 Å². The minimum absolute atomic E-state index is 0.346. The molecule has 1 aromatic rings. The second-order valence-corrected chi connectivity index (χ2v) is 3.90. The Morgan fingerprint density at radius 3 is 2.20 bits per heavy atom. The van der Waals surface area contributed by atoms with E-state index in [1.54, 1.807) is 28.7 Å². The van der Waals surface area contributed by atoms with Crippen molar-refractivity contribution in [3.05, 3.63) is 30.9 Å². The van der Waals surface area contributed by atoms with Gasteiger partial charge in [-0.25, -0.2) is 8.78 Å². The van der Waals surface area contributed by atoms with Gasteiger partial charge in [-0.2, -0.15) is 0 Å². The standard InChI is InChI=1S/C6H2F2I2/c7-3-1-2-4(9)6(10)5(3)8/h1-2H. The Bertz CT molecular complexity index is 233. The summed E-state index contributed by atoms with van der Waals surface area (Å²) >= 11 is 3.72. The maximum absolute atomic E-state index is 12.6. The molecule has 54 valence electrons. The second-order valence-electron chi connectivity index (χ2n) is 1.66. The smallest absolute Gasteiger partial charge is 0.173 e. The number of hydrogen-bond acceptors (Lipinski definition) is 0. The topological polar surface area (TPSA) is 0 Å². The first-order chi connectivity index (χ1) is 4.63. The Balaban J connectivity index is 3.34. The van der Waals surface area contributed by atoms with Crippen LogP contribution in [0.25, 0.3) is 0 Å². The average Bonchev–Trinajstić information content (AvgIpc) is 1.93. The van der Waals surface area contributed by atoms with Crippen LogP contribution in [0.3, 0.4) is 0 Å². The predicted octanol–water partition coefficient (Wildman–Crippen LogP) is 3.17. The highest BCUT2D eigenvalue weighted by molar-refractivity contribution is 14.1. The monoisotopic (exact) mass is 366 g/mol. The van der Waals surface area contributed by atoms with Crippen molar-refractivity contribution in [1.82, 2.24) is 0 Å². The zero-order valence-corrected chi connectivity index (χ0v) is 8.98. The van der Waals surface area contributed by atoms with Crippen molar-refractivity contribution in [2.75, 3.05) is 0 Å². The number of hydrogen-bond donors (Lipinski definition) is 0. The van der Waals surface area contributed by atoms with Crippen LogP contribution in [-0.2, 0) is 0 Å². The van der Waals surface area contributed by atoms with E-state index in [2.05, 4.69) is 0 Å². The molecule has 0 saturated heterocycles. The van der Waals surface area contributed by atoms with Crippen LogP contribution in [0.15, 0.2) is 12.1 Å². The molecular formula is C6H2F2I2. The van der Waals surface area contributed by atoms with E-state index in [4.69, 9.17) is 0 Å². The van der Waals surface area contributed by atoms with Gasteiger partial charge in [-0.05, 0) is 57.3 Å². The third-order valence-electron chi connectivity index (χ3n) is 0.988. The molecule has 0 nitrogen and oxygen atoms in total. The minimum Gasteiger partial charge on any atom is -0.204 e. The summed E-state index contributed by atoms with van der Waals surface area (Å²) in [5.41, 5.74) is 0. The molecule has 1 rings (SSSR count). The molecule has 0 aliphatic heterocycles. The normalized spacial score (nSPS) is 10.0. The van der Waals surface area contributed by atoms with Gasteiger partial charge in [0.25, 0.3) is 0 Å². The highest BCUT2D eigenvalue weighted by atomic mass is 127. The van der Waals surface area contributed by atoms with E-state index in [1.807, 2.05) is 22.6 Å². The highest BCUT2D eigenvalue weighted by Gasteiger charge is 2.07. The molecule has 0 radical (unpaired) electrons. The third kappa shape index (κ3) is 1.58. The molecule has 0 aromatic heterocycles. The predicted molar refractivity (Wildman–Crippen MR) is 51.8 cm³/mol. The van der Waals surface area contributed by atoms with E-state index in [0.29, 0.717) is 3.57 Å². The summed E-state index contributed by atoms with van der Waals surface area (Å²) in [4.78, 5) is 0. The van der Waals surface area contributed by atoms with E-state index in [0.717, 1.165) is 9.64 Å². The van der Waals surface area contributed by atoms with Gasteiger partial charge in [0.05, 0.1) is 3.57 Å². The zero-order valence-electron chi connectivity index (χ0n) is 4.67. The van der Waals surface area contributed by atoms with Crippen molar-refractivity contribution in [3.63, 3.8) is 0 Å². The van der Waals surface area contributed by atoms with Crippen molar-refractivity contribution in [2.24, 2.45) is 0 Å². The van der Waals surface area contributed by atoms with Gasteiger partial charge in [0, 0.05) is 3.57 Å². The van der Waals surface area contributed by atoms with Crippen LogP contribution in [0.2, 0.25) is 0 Å². The molecule has 0 bridgehead atoms. The third-order valence-corrected chi connectivity index (χ3v) is 3.97. The number of benzene rings is 1. The Morgan fingerprint density at radius 2 is 1.70 bits per heavy atom. The average molecular weight is 366 g/mol. The fraction of sp³-hybridized carbons (Fsp3) is 0. The molecule has 0 aliphatic carbocycles. The van der Waals surface area contributed by atoms with E-state index in [9.17, 15) is 8.78 Å². The zero-order chi connectivity index (χ0) is 7.72. The summed E-state index contributed by atoms with van der Waals surface area (Å²) in [6, 6.07) is 2.67. The lowest BCUT2D eigenvalue weighted by Crippen LogP contribution is -1.90. The number of halogens is 4. The molecule has 0 N–H and O–H groups in total. The van der Waals surface area contributed by atoms with Gasteiger partial charge in [-0.1, -0.05) is 0 Å². The summed E-state index contributed by atoms with van der Waals surface area (Å²) in [7, 11) is 0. The van der Waals surface area contributed by atoms with Gasteiger partial charge in [0.15, 0.2) is 11.6 Å². The fourth-order valence-corrected chi connectivity index (χ4v) is 1.36. The minimum atomic E-state index is -0.787. The fourth-order valence-electron chi connectivity index (χ4n) is 0.502. The lowest BCUT2D eigenvalue weighted by atomic mass is 10.3. The van der Waals surface area contributed by atoms with Crippen LogP contribution < -0.4 is 0 Å². The van der Waals surface area contributed by atoms with Gasteiger partial charge in [0.2, 0.25) is 0 Å². The first-order valence-electron chi connectivity index (χ1n) is 2.42. The molecule has 0 saturated carbocycles. The van der Waals surface area contributed by atoms with E-state index < -0.39 is 11.6 Å². The van der Waals surface area contributed by atoms with E-state index >= 15 is 0 Å². The molecule has 4 heteroatoms. The molecule has 0 aliphatic rings. The molecule has 0 fully saturated rings. The van der Waals surface area contributed by atoms with Crippen LogP contribution in [0, 0.1) is 18.8 Å². The van der Waals surface area contributed by atoms with Crippen LogP contribution in [0.4, 0.5) is 8.78 Å². The highest BCUT2D eigenvalue weighted by Crippen LogP contribution is 2.19. The number of rotatable bonds is 0. The largest absolute Gasteiger partial charge is 0.204 e. The molecule has 0 amide bonds. The van der Waals surface area contributed by atoms with Gasteiger partial charge < -0.3 is 0 Å². The molecule has 10 heavy (non-hydrogen) atoms. The molecular weight excluding hydrogens is 364 g/mol. The Hall–Kier alpha value is 0.540. The Kier molecular flexibility index (Phi) is 2.84. The summed E-state index contributed by atoms with van der Waals surface area (Å²) in [5.74, 6) is -1.54. The summed E-state index contributed by atoms with van der Waals surface area (Å²) < 4.78 is 26.1. The second kappa shape index (κ2) is 3.29. The van der Waals surface area contributed by atoms with E-state index in [-0.39, 0.29) is 0 Å². The molecule has 0 spiro atoms. The van der Waals surface area contributed by atoms with Crippen molar-refractivity contribution in [1.29, 1.82) is 0 Å². The summed E-state index contributed by atoms with van der Waals surface area (Å²) in [6.07, 6.45) is 0. The van der Waals surface area contributed by atoms with Crippen LogP contribution in [0.1, 0.15) is 0 Å².